The first-order valence-corrected chi connectivity index (χ1v) is 5.93. The van der Waals surface area contributed by atoms with Crippen LogP contribution in [0.1, 0.15) is 20.3 Å². The lowest BCUT2D eigenvalue weighted by Gasteiger charge is -2.26. The molecule has 19 heavy (non-hydrogen) atoms. The van der Waals surface area contributed by atoms with Gasteiger partial charge in [-0.3, -0.25) is 9.59 Å². The molecule has 0 fully saturated rings. The van der Waals surface area contributed by atoms with Crippen molar-refractivity contribution in [1.29, 1.82) is 0 Å². The first-order chi connectivity index (χ1) is 8.98. The van der Waals surface area contributed by atoms with Gasteiger partial charge in [-0.15, -0.1) is 0 Å². The van der Waals surface area contributed by atoms with E-state index in [2.05, 4.69) is 9.97 Å². The first-order valence-electron chi connectivity index (χ1n) is 5.93. The number of primary amides is 1. The highest BCUT2D eigenvalue weighted by atomic mass is 16.5. The number of nitrogens with two attached hydrogens (primary N) is 1. The minimum absolute atomic E-state index is 0.301. The molecular weight excluding hydrogens is 246 g/mol. The van der Waals surface area contributed by atoms with Crippen LogP contribution in [0, 0.1) is 0 Å². The summed E-state index contributed by atoms with van der Waals surface area (Å²) in [6.07, 6.45) is 1.72. The van der Waals surface area contributed by atoms with Crippen LogP contribution in [-0.4, -0.2) is 21.5 Å². The molecule has 2 rings (SSSR count). The smallest absolute Gasteiger partial charge is 0.262 e. The third kappa shape index (κ3) is 2.29. The Labute approximate surface area is 109 Å². The van der Waals surface area contributed by atoms with E-state index >= 15 is 0 Å². The SMILES string of the molecule is CC[C@@](C)(Oc1cccc2nc[nH]c(=O)c12)C(N)=O. The standard InChI is InChI=1S/C13H15N3O3/c1-3-13(2,12(14)18)19-9-6-4-5-8-10(9)11(17)16-7-15-8/h4-7H,3H2,1-2H3,(H2,14,18)(H,15,16,17)/t13-/m1/s1. The van der Waals surface area contributed by atoms with Crippen molar-refractivity contribution < 1.29 is 9.53 Å². The molecule has 6 heteroatoms. The largest absolute Gasteiger partial charge is 0.477 e. The van der Waals surface area contributed by atoms with Gasteiger partial charge in [-0.25, -0.2) is 4.98 Å². The summed E-state index contributed by atoms with van der Waals surface area (Å²) < 4.78 is 5.67. The van der Waals surface area contributed by atoms with E-state index in [1.54, 1.807) is 32.0 Å². The minimum atomic E-state index is -1.16. The quantitative estimate of drug-likeness (QED) is 0.856. The van der Waals surface area contributed by atoms with Gasteiger partial charge in [0.15, 0.2) is 5.60 Å². The fourth-order valence-electron chi connectivity index (χ4n) is 1.71. The Bertz CT molecular complexity index is 675. The van der Waals surface area contributed by atoms with Gasteiger partial charge >= 0.3 is 0 Å². The Morgan fingerprint density at radius 1 is 1.53 bits per heavy atom. The van der Waals surface area contributed by atoms with E-state index in [1.165, 1.54) is 6.33 Å². The number of amides is 1. The van der Waals surface area contributed by atoms with Gasteiger partial charge in [-0.05, 0) is 25.5 Å². The molecule has 0 spiro atoms. The lowest BCUT2D eigenvalue weighted by molar-refractivity contribution is -0.132. The summed E-state index contributed by atoms with van der Waals surface area (Å²) in [7, 11) is 0. The van der Waals surface area contributed by atoms with Crippen LogP contribution in [0.3, 0.4) is 0 Å². The van der Waals surface area contributed by atoms with Gasteiger partial charge in [0.1, 0.15) is 11.1 Å². The zero-order valence-corrected chi connectivity index (χ0v) is 10.8. The molecule has 1 aromatic carbocycles. The van der Waals surface area contributed by atoms with Crippen molar-refractivity contribution in [1.82, 2.24) is 9.97 Å². The number of aromatic nitrogens is 2. The molecule has 1 aromatic heterocycles. The molecular formula is C13H15N3O3. The van der Waals surface area contributed by atoms with E-state index in [9.17, 15) is 9.59 Å². The van der Waals surface area contributed by atoms with Crippen LogP contribution in [0.25, 0.3) is 10.9 Å². The number of hydrogen-bond donors (Lipinski definition) is 2. The number of nitrogens with one attached hydrogen (secondary N) is 1. The summed E-state index contributed by atoms with van der Waals surface area (Å²) >= 11 is 0. The summed E-state index contributed by atoms with van der Waals surface area (Å²) in [5, 5.41) is 0.311. The number of ether oxygens (including phenoxy) is 1. The molecule has 0 saturated carbocycles. The van der Waals surface area contributed by atoms with Crippen molar-refractivity contribution in [2.24, 2.45) is 5.73 Å². The Kier molecular flexibility index (Phi) is 3.25. The number of benzene rings is 1. The second-order valence-electron chi connectivity index (χ2n) is 4.43. The highest BCUT2D eigenvalue weighted by Crippen LogP contribution is 2.26. The van der Waals surface area contributed by atoms with Crippen molar-refractivity contribution in [2.45, 2.75) is 25.9 Å². The Balaban J connectivity index is 2.58. The van der Waals surface area contributed by atoms with Crippen molar-refractivity contribution >= 4 is 16.8 Å². The average Bonchev–Trinajstić information content (AvgIpc) is 2.38. The van der Waals surface area contributed by atoms with Gasteiger partial charge in [0.2, 0.25) is 0 Å². The molecule has 3 N–H and O–H groups in total. The molecule has 1 heterocycles. The molecule has 2 aromatic rings. The molecule has 0 aliphatic rings. The third-order valence-corrected chi connectivity index (χ3v) is 3.16. The normalized spacial score (nSPS) is 14.0. The number of nitrogens with zero attached hydrogens (tertiary/aromatic N) is 1. The molecule has 6 nitrogen and oxygen atoms in total. The van der Waals surface area contributed by atoms with Gasteiger partial charge in [0.05, 0.1) is 11.8 Å². The zero-order chi connectivity index (χ0) is 14.0. The highest BCUT2D eigenvalue weighted by molar-refractivity contribution is 5.86. The van der Waals surface area contributed by atoms with E-state index in [-0.39, 0.29) is 5.56 Å². The first kappa shape index (κ1) is 13.1. The third-order valence-electron chi connectivity index (χ3n) is 3.16. The number of carbonyl (C=O) groups excluding carboxylic acids is 1. The molecule has 0 aliphatic carbocycles. The van der Waals surface area contributed by atoms with E-state index in [4.69, 9.17) is 10.5 Å². The Morgan fingerprint density at radius 3 is 2.89 bits per heavy atom. The summed E-state index contributed by atoms with van der Waals surface area (Å²) in [5.41, 5.74) is 4.38. The van der Waals surface area contributed by atoms with Crippen LogP contribution in [0.5, 0.6) is 5.75 Å². The van der Waals surface area contributed by atoms with E-state index in [1.807, 2.05) is 0 Å². The predicted molar refractivity (Wildman–Crippen MR) is 70.9 cm³/mol. The lowest BCUT2D eigenvalue weighted by atomic mass is 10.0. The van der Waals surface area contributed by atoms with Crippen molar-refractivity contribution in [2.75, 3.05) is 0 Å². The molecule has 0 radical (unpaired) electrons. The minimum Gasteiger partial charge on any atom is -0.477 e. The Hall–Kier alpha value is -2.37. The number of fused-ring (bicyclic) bond motifs is 1. The van der Waals surface area contributed by atoms with Gasteiger partial charge in [0, 0.05) is 0 Å². The molecule has 1 atom stereocenters. The van der Waals surface area contributed by atoms with E-state index in [0.717, 1.165) is 0 Å². The van der Waals surface area contributed by atoms with Crippen molar-refractivity contribution in [3.05, 3.63) is 34.9 Å². The zero-order valence-electron chi connectivity index (χ0n) is 10.8. The monoisotopic (exact) mass is 261 g/mol. The summed E-state index contributed by atoms with van der Waals surface area (Å²) in [6, 6.07) is 5.03. The average molecular weight is 261 g/mol. The lowest BCUT2D eigenvalue weighted by Crippen LogP contribution is -2.45. The van der Waals surface area contributed by atoms with E-state index < -0.39 is 11.5 Å². The topological polar surface area (TPSA) is 98.1 Å². The number of hydrogen-bond acceptors (Lipinski definition) is 4. The molecule has 0 unspecified atom stereocenters. The van der Waals surface area contributed by atoms with Gasteiger partial charge < -0.3 is 15.5 Å². The molecule has 0 aliphatic heterocycles. The van der Waals surface area contributed by atoms with Crippen LogP contribution in [0.15, 0.2) is 29.3 Å². The van der Waals surface area contributed by atoms with Crippen LogP contribution >= 0.6 is 0 Å². The van der Waals surface area contributed by atoms with Gasteiger partial charge in [0.25, 0.3) is 11.5 Å². The maximum atomic E-state index is 11.9. The Morgan fingerprint density at radius 2 is 2.26 bits per heavy atom. The second-order valence-corrected chi connectivity index (χ2v) is 4.43. The van der Waals surface area contributed by atoms with Crippen LogP contribution in [0.4, 0.5) is 0 Å². The highest BCUT2D eigenvalue weighted by Gasteiger charge is 2.32. The maximum absolute atomic E-state index is 11.9. The van der Waals surface area contributed by atoms with E-state index in [0.29, 0.717) is 23.1 Å². The maximum Gasteiger partial charge on any atom is 0.262 e. The fraction of sp³-hybridized carbons (Fsp3) is 0.308. The molecule has 0 bridgehead atoms. The summed E-state index contributed by atoms with van der Waals surface area (Å²) in [4.78, 5) is 29.9. The van der Waals surface area contributed by atoms with Crippen LogP contribution < -0.4 is 16.0 Å². The number of carbonyl (C=O) groups is 1. The number of H-pyrrole nitrogens is 1. The molecule has 0 saturated heterocycles. The summed E-state index contributed by atoms with van der Waals surface area (Å²) in [5.74, 6) is -0.276. The number of rotatable bonds is 4. The molecule has 1 amide bonds. The second kappa shape index (κ2) is 4.72. The molecule has 100 valence electrons. The predicted octanol–water partition coefficient (Wildman–Crippen LogP) is 0.956. The van der Waals surface area contributed by atoms with Gasteiger partial charge in [-0.1, -0.05) is 13.0 Å². The van der Waals surface area contributed by atoms with Crippen molar-refractivity contribution in [3.63, 3.8) is 0 Å². The van der Waals surface area contributed by atoms with Crippen LogP contribution in [-0.2, 0) is 4.79 Å². The fourth-order valence-corrected chi connectivity index (χ4v) is 1.71. The number of aromatic amines is 1. The van der Waals surface area contributed by atoms with Gasteiger partial charge in [-0.2, -0.15) is 0 Å². The summed E-state index contributed by atoms with van der Waals surface area (Å²) in [6.45, 7) is 3.39. The van der Waals surface area contributed by atoms with Crippen LogP contribution in [0.2, 0.25) is 0 Å². The van der Waals surface area contributed by atoms with Crippen molar-refractivity contribution in [3.8, 4) is 5.75 Å².